The third kappa shape index (κ3) is 23.0. The van der Waals surface area contributed by atoms with Gasteiger partial charge in [-0.15, -0.1) is 0 Å². The number of nitrogens with zero attached hydrogens (tertiary/aromatic N) is 4. The molecule has 19 nitrogen and oxygen atoms in total. The first kappa shape index (κ1) is 63.4. The fourth-order valence-corrected chi connectivity index (χ4v) is 8.66. The molecule has 21 heteroatoms. The van der Waals surface area contributed by atoms with Crippen LogP contribution in [0.5, 0.6) is 0 Å². The molecular weight excluding hydrogens is 954 g/mol. The number of nitrogens with one attached hydrogen (secondary N) is 5. The zero-order chi connectivity index (χ0) is 52.7. The Morgan fingerprint density at radius 1 is 0.819 bits per heavy atom. The van der Waals surface area contributed by atoms with Crippen molar-refractivity contribution in [3.05, 3.63) is 84.2 Å². The maximum atomic E-state index is 14.6. The first-order chi connectivity index (χ1) is 33.6. The summed E-state index contributed by atoms with van der Waals surface area (Å²) in [6, 6.07) is 10.7. The van der Waals surface area contributed by atoms with Crippen molar-refractivity contribution in [1.82, 2.24) is 46.0 Å². The van der Waals surface area contributed by atoms with Crippen LogP contribution < -0.4 is 50.8 Å². The Hall–Kier alpha value is -4.73. The minimum absolute atomic E-state index is 0. The van der Waals surface area contributed by atoms with Crippen LogP contribution in [-0.2, 0) is 58.3 Å². The number of imidazole rings is 1. The number of benzene rings is 1. The van der Waals surface area contributed by atoms with E-state index >= 15 is 0 Å². The van der Waals surface area contributed by atoms with E-state index in [0.29, 0.717) is 49.9 Å². The van der Waals surface area contributed by atoms with Crippen LogP contribution in [0.25, 0.3) is 0 Å². The van der Waals surface area contributed by atoms with Crippen molar-refractivity contribution < 1.29 is 76.4 Å². The van der Waals surface area contributed by atoms with Crippen LogP contribution in [0.3, 0.4) is 0 Å². The summed E-state index contributed by atoms with van der Waals surface area (Å²) in [5, 5.41) is 23.7. The number of amides is 6. The van der Waals surface area contributed by atoms with Gasteiger partial charge in [-0.3, -0.25) is 33.8 Å². The van der Waals surface area contributed by atoms with Crippen LogP contribution in [0.2, 0.25) is 0 Å². The SMILES string of the molecule is CC[C@H](C)[C@H](NC(=O)[C@@H](C[C@H](O)[C@H](CC(C)C)NC(=O)[C@H](Cc1cnc[nH]1)N(C)C(=O)[C@H](Cc1ccccc1)NC(=O)CCCCCCC(=O)N(C)CCS(=O)(=O)[O-])C(C)C)C(=O)NCc1ccccn1.[Na+]. The summed E-state index contributed by atoms with van der Waals surface area (Å²) in [7, 11) is -1.50. The second-order valence-electron chi connectivity index (χ2n) is 19.4. The van der Waals surface area contributed by atoms with Gasteiger partial charge in [0.05, 0.1) is 46.6 Å². The summed E-state index contributed by atoms with van der Waals surface area (Å²) in [5.74, 6) is -4.32. The Bertz CT molecular complexity index is 2220. The zero-order valence-corrected chi connectivity index (χ0v) is 46.6. The van der Waals surface area contributed by atoms with E-state index in [4.69, 9.17) is 0 Å². The molecule has 0 saturated heterocycles. The number of carbonyl (C=O) groups excluding carboxylic acids is 6. The topological polar surface area (TPSA) is 276 Å². The van der Waals surface area contributed by atoms with Crippen LogP contribution in [0.4, 0.5) is 0 Å². The average Bonchev–Trinajstić information content (AvgIpc) is 3.86. The molecule has 3 rings (SSSR count). The van der Waals surface area contributed by atoms with E-state index in [1.54, 1.807) is 24.5 Å². The molecule has 0 radical (unpaired) electrons. The Morgan fingerprint density at radius 2 is 1.49 bits per heavy atom. The van der Waals surface area contributed by atoms with Gasteiger partial charge in [0.15, 0.2) is 0 Å². The number of aliphatic hydroxyl groups excluding tert-OH is 1. The quantitative estimate of drug-likeness (QED) is 0.0286. The molecule has 394 valence electrons. The zero-order valence-electron chi connectivity index (χ0n) is 43.8. The monoisotopic (exact) mass is 1030 g/mol. The number of unbranched alkanes of at least 4 members (excludes halogenated alkanes) is 3. The first-order valence-electron chi connectivity index (χ1n) is 24.8. The van der Waals surface area contributed by atoms with Crippen molar-refractivity contribution in [2.24, 2.45) is 23.7 Å². The van der Waals surface area contributed by atoms with Gasteiger partial charge in [-0.2, -0.15) is 0 Å². The molecule has 0 aliphatic heterocycles. The summed E-state index contributed by atoms with van der Waals surface area (Å²) in [5.41, 5.74) is 2.02. The Kier molecular flexibility index (Phi) is 28.6. The maximum absolute atomic E-state index is 14.6. The van der Waals surface area contributed by atoms with Gasteiger partial charge in [0.1, 0.15) is 18.1 Å². The van der Waals surface area contributed by atoms with Gasteiger partial charge in [0, 0.05) is 70.3 Å². The normalized spacial score (nSPS) is 14.4. The number of H-pyrrole nitrogens is 1. The van der Waals surface area contributed by atoms with Crippen LogP contribution in [0.15, 0.2) is 67.3 Å². The molecule has 6 N–H and O–H groups in total. The van der Waals surface area contributed by atoms with E-state index in [1.165, 1.54) is 30.2 Å². The molecule has 3 aromatic rings. The van der Waals surface area contributed by atoms with Gasteiger partial charge in [0.2, 0.25) is 35.4 Å². The molecule has 1 aromatic carbocycles. The van der Waals surface area contributed by atoms with Crippen molar-refractivity contribution in [1.29, 1.82) is 0 Å². The van der Waals surface area contributed by atoms with E-state index in [9.17, 15) is 46.8 Å². The van der Waals surface area contributed by atoms with E-state index in [0.717, 1.165) is 5.56 Å². The minimum atomic E-state index is -4.44. The molecule has 7 atom stereocenters. The second-order valence-corrected chi connectivity index (χ2v) is 20.9. The Balaban J connectivity index is 0.0000178. The molecule has 6 amide bonds. The smallest absolute Gasteiger partial charge is 0.748 e. The second kappa shape index (κ2) is 32.5. The molecule has 0 aliphatic rings. The van der Waals surface area contributed by atoms with Crippen molar-refractivity contribution in [3.63, 3.8) is 0 Å². The van der Waals surface area contributed by atoms with Crippen LogP contribution in [0.1, 0.15) is 116 Å². The number of rotatable bonds is 32. The molecular formula is C51H78N9NaO10S. The van der Waals surface area contributed by atoms with Crippen molar-refractivity contribution >= 4 is 45.6 Å². The Morgan fingerprint density at radius 3 is 2.07 bits per heavy atom. The number of hydrogen-bond acceptors (Lipinski definition) is 12. The van der Waals surface area contributed by atoms with Crippen LogP contribution in [0, 0.1) is 23.7 Å². The summed E-state index contributed by atoms with van der Waals surface area (Å²) >= 11 is 0. The van der Waals surface area contributed by atoms with Gasteiger partial charge in [-0.05, 0) is 61.1 Å². The van der Waals surface area contributed by atoms with Crippen LogP contribution in [-0.4, -0.2) is 135 Å². The number of aromatic amines is 1. The van der Waals surface area contributed by atoms with E-state index in [-0.39, 0.29) is 110 Å². The molecule has 0 spiro atoms. The van der Waals surface area contributed by atoms with Gasteiger partial charge < -0.3 is 45.7 Å². The number of aliphatic hydroxyl groups is 1. The third-order valence-electron chi connectivity index (χ3n) is 12.8. The fourth-order valence-electron chi connectivity index (χ4n) is 8.16. The van der Waals surface area contributed by atoms with Crippen molar-refractivity contribution in [2.45, 2.75) is 149 Å². The molecule has 72 heavy (non-hydrogen) atoms. The van der Waals surface area contributed by atoms with Gasteiger partial charge in [0.25, 0.3) is 0 Å². The summed E-state index contributed by atoms with van der Waals surface area (Å²) in [6.07, 6.45) is 7.01. The summed E-state index contributed by atoms with van der Waals surface area (Å²) in [4.78, 5) is 96.5. The largest absolute Gasteiger partial charge is 1.00 e. The third-order valence-corrected chi connectivity index (χ3v) is 13.4. The molecule has 0 bridgehead atoms. The standard InChI is InChI=1S/C51H79N9O10S.Na/c1-9-36(6)47(50(66)54-32-38-21-17-18-24-53-38)58-48(64)40(35(4)5)30-44(61)41(27-34(2)3)57-49(65)43(29-39-31-52-33-55-39)60(8)51(67)42(28-37-19-13-12-14-20-37)56-45(62)22-15-10-11-16-23-46(63)59(7)25-26-71(68,69)70;/h12-14,17-21,24,31,33-36,40-44,47,61H,9-11,15-16,22-23,25-30,32H2,1-8H3,(H,52,55)(H,54,66)(H,56,62)(H,57,65)(H,58,64)(H,68,69,70);/q;+1/p-1/t36-,40-,41-,42-,43-,44-,47-;/m0./s1. The van der Waals surface area contributed by atoms with E-state index < -0.39 is 69.8 Å². The predicted octanol–water partition coefficient (Wildman–Crippen LogP) is 0.651. The van der Waals surface area contributed by atoms with Crippen molar-refractivity contribution in [2.75, 3.05) is 26.4 Å². The number of aromatic nitrogens is 3. The molecule has 0 saturated carbocycles. The summed E-state index contributed by atoms with van der Waals surface area (Å²) in [6.45, 7) is 11.5. The molecule has 2 aromatic heterocycles. The molecule has 2 heterocycles. The first-order valence-corrected chi connectivity index (χ1v) is 26.4. The molecule has 0 fully saturated rings. The van der Waals surface area contributed by atoms with Crippen molar-refractivity contribution in [3.8, 4) is 0 Å². The number of pyridine rings is 1. The predicted molar refractivity (Wildman–Crippen MR) is 269 cm³/mol. The van der Waals surface area contributed by atoms with Gasteiger partial charge in [-0.1, -0.05) is 97.2 Å². The fraction of sp³-hybridized carbons (Fsp3) is 0.608. The number of carbonyl (C=O) groups is 6. The molecule has 0 aliphatic carbocycles. The minimum Gasteiger partial charge on any atom is -0.748 e. The maximum Gasteiger partial charge on any atom is 1.00 e. The number of hydrogen-bond donors (Lipinski definition) is 6. The summed E-state index contributed by atoms with van der Waals surface area (Å²) < 4.78 is 32.8. The van der Waals surface area contributed by atoms with Gasteiger partial charge >= 0.3 is 29.6 Å². The van der Waals surface area contributed by atoms with E-state index in [1.807, 2.05) is 77.9 Å². The average molecular weight is 1030 g/mol. The Labute approximate surface area is 448 Å². The number of likely N-dealkylation sites (N-methyl/N-ethyl adjacent to an activating group) is 1. The van der Waals surface area contributed by atoms with Crippen LogP contribution >= 0.6 is 0 Å². The molecule has 0 unspecified atom stereocenters. The van der Waals surface area contributed by atoms with Gasteiger partial charge in [-0.25, -0.2) is 13.4 Å². The van der Waals surface area contributed by atoms with E-state index in [2.05, 4.69) is 36.2 Å².